The van der Waals surface area contributed by atoms with E-state index in [1.54, 1.807) is 41.3 Å². The minimum atomic E-state index is -4.41. The zero-order valence-corrected chi connectivity index (χ0v) is 20.9. The van der Waals surface area contributed by atoms with Gasteiger partial charge in [0.1, 0.15) is 0 Å². The van der Waals surface area contributed by atoms with Gasteiger partial charge in [-0.1, -0.05) is 29.4 Å². The Morgan fingerprint density at radius 3 is 2.28 bits per heavy atom. The summed E-state index contributed by atoms with van der Waals surface area (Å²) < 4.78 is 39.2. The van der Waals surface area contributed by atoms with Gasteiger partial charge in [-0.3, -0.25) is 9.59 Å². The third kappa shape index (κ3) is 6.33. The van der Waals surface area contributed by atoms with Gasteiger partial charge in [0.05, 0.1) is 11.3 Å². The van der Waals surface area contributed by atoms with Crippen molar-refractivity contribution in [2.45, 2.75) is 22.9 Å². The molecule has 0 unspecified atom stereocenters. The lowest BCUT2D eigenvalue weighted by Gasteiger charge is -2.36. The lowest BCUT2D eigenvalue weighted by molar-refractivity contribution is -0.137. The number of nitrogens with one attached hydrogen (secondary N) is 1. The van der Waals surface area contributed by atoms with Gasteiger partial charge in [-0.05, 0) is 60.7 Å². The minimum Gasteiger partial charge on any atom is -0.368 e. The maximum Gasteiger partial charge on any atom is 0.416 e. The average Bonchev–Trinajstić information content (AvgIpc) is 2.85. The van der Waals surface area contributed by atoms with Gasteiger partial charge in [-0.25, -0.2) is 0 Å². The van der Waals surface area contributed by atoms with Crippen LogP contribution in [-0.4, -0.2) is 42.9 Å². The predicted molar refractivity (Wildman–Crippen MR) is 136 cm³/mol. The second-order valence-corrected chi connectivity index (χ2v) is 9.83. The van der Waals surface area contributed by atoms with Gasteiger partial charge in [0.15, 0.2) is 0 Å². The van der Waals surface area contributed by atoms with Gasteiger partial charge >= 0.3 is 6.18 Å². The molecule has 0 saturated carbocycles. The van der Waals surface area contributed by atoms with E-state index in [2.05, 4.69) is 5.32 Å². The number of halogens is 4. The molecule has 1 heterocycles. The number of carbonyl (C=O) groups is 2. The Morgan fingerprint density at radius 2 is 1.64 bits per heavy atom. The highest BCUT2D eigenvalue weighted by Crippen LogP contribution is 2.35. The number of hydrogen-bond acceptors (Lipinski definition) is 4. The molecule has 188 valence electrons. The highest BCUT2D eigenvalue weighted by Gasteiger charge is 2.31. The predicted octanol–water partition coefficient (Wildman–Crippen LogP) is 6.43. The molecule has 4 rings (SSSR count). The van der Waals surface area contributed by atoms with Crippen LogP contribution in [0.25, 0.3) is 0 Å². The third-order valence-corrected chi connectivity index (χ3v) is 7.02. The smallest absolute Gasteiger partial charge is 0.368 e. The van der Waals surface area contributed by atoms with E-state index in [0.717, 1.165) is 21.9 Å². The van der Waals surface area contributed by atoms with Crippen molar-refractivity contribution >= 4 is 46.6 Å². The first kappa shape index (κ1) is 25.9. The van der Waals surface area contributed by atoms with Gasteiger partial charge in [-0.2, -0.15) is 13.2 Å². The quantitative estimate of drug-likeness (QED) is 0.410. The number of alkyl halides is 3. The third-order valence-electron chi connectivity index (χ3n) is 5.68. The van der Waals surface area contributed by atoms with Gasteiger partial charge in [0, 0.05) is 59.2 Å². The van der Waals surface area contributed by atoms with Crippen LogP contribution in [0.15, 0.2) is 76.5 Å². The molecule has 5 nitrogen and oxygen atoms in total. The summed E-state index contributed by atoms with van der Waals surface area (Å²) >= 11 is 7.39. The van der Waals surface area contributed by atoms with Crippen LogP contribution >= 0.6 is 23.4 Å². The summed E-state index contributed by atoms with van der Waals surface area (Å²) in [7, 11) is 0. The van der Waals surface area contributed by atoms with Gasteiger partial charge in [0.2, 0.25) is 5.91 Å². The van der Waals surface area contributed by atoms with E-state index in [-0.39, 0.29) is 11.8 Å². The number of amides is 2. The molecule has 0 spiro atoms. The van der Waals surface area contributed by atoms with Crippen molar-refractivity contribution in [1.82, 2.24) is 4.90 Å². The number of nitrogens with zero attached hydrogens (tertiary/aromatic N) is 2. The fourth-order valence-electron chi connectivity index (χ4n) is 3.90. The summed E-state index contributed by atoms with van der Waals surface area (Å²) in [6.45, 7) is 2.96. The molecular formula is C26H23ClF3N3O2S. The topological polar surface area (TPSA) is 52.7 Å². The Balaban J connectivity index is 1.46. The van der Waals surface area contributed by atoms with Crippen LogP contribution in [0.4, 0.5) is 24.5 Å². The lowest BCUT2D eigenvalue weighted by Crippen LogP contribution is -2.48. The summed E-state index contributed by atoms with van der Waals surface area (Å²) in [6, 6.07) is 17.7. The molecule has 1 N–H and O–H groups in total. The molecule has 0 atom stereocenters. The van der Waals surface area contributed by atoms with E-state index in [1.807, 2.05) is 17.0 Å². The number of anilines is 2. The van der Waals surface area contributed by atoms with Crippen LogP contribution < -0.4 is 10.2 Å². The SMILES string of the molecule is CC(=O)Nc1cc(C(=O)N2CCN(c3cccc(C(F)(F)F)c3)CC2)ccc1Sc1ccc(Cl)cc1. The maximum absolute atomic E-state index is 13.2. The van der Waals surface area contributed by atoms with Crippen LogP contribution in [-0.2, 0) is 11.0 Å². The van der Waals surface area contributed by atoms with Crippen molar-refractivity contribution in [1.29, 1.82) is 0 Å². The molecule has 10 heteroatoms. The molecule has 3 aromatic rings. The zero-order chi connectivity index (χ0) is 25.9. The van der Waals surface area contributed by atoms with Gasteiger partial charge in [-0.15, -0.1) is 0 Å². The first-order chi connectivity index (χ1) is 17.1. The standard InChI is InChI=1S/C26H23ClF3N3O2S/c1-17(34)31-23-15-18(5-10-24(23)36-22-8-6-20(27)7-9-22)25(35)33-13-11-32(12-14-33)21-4-2-3-19(16-21)26(28,29)30/h2-10,15-16H,11-14H2,1H3,(H,31,34). The average molecular weight is 534 g/mol. The summed E-state index contributed by atoms with van der Waals surface area (Å²) in [5.41, 5.74) is 0.733. The summed E-state index contributed by atoms with van der Waals surface area (Å²) in [6.07, 6.45) is -4.41. The van der Waals surface area contributed by atoms with E-state index >= 15 is 0 Å². The first-order valence-corrected chi connectivity index (χ1v) is 12.4. The zero-order valence-electron chi connectivity index (χ0n) is 19.3. The monoisotopic (exact) mass is 533 g/mol. The molecule has 1 aliphatic rings. The van der Waals surface area contributed by atoms with Crippen molar-refractivity contribution in [2.24, 2.45) is 0 Å². The maximum atomic E-state index is 13.2. The lowest BCUT2D eigenvalue weighted by atomic mass is 10.1. The van der Waals surface area contributed by atoms with Gasteiger partial charge < -0.3 is 15.1 Å². The highest BCUT2D eigenvalue weighted by atomic mass is 35.5. The molecule has 0 radical (unpaired) electrons. The Kier molecular flexibility index (Phi) is 7.80. The van der Waals surface area contributed by atoms with Crippen LogP contribution in [0.1, 0.15) is 22.8 Å². The molecule has 36 heavy (non-hydrogen) atoms. The number of hydrogen-bond donors (Lipinski definition) is 1. The van der Waals surface area contributed by atoms with E-state index in [9.17, 15) is 22.8 Å². The summed E-state index contributed by atoms with van der Waals surface area (Å²) in [5, 5.41) is 3.41. The minimum absolute atomic E-state index is 0.201. The first-order valence-electron chi connectivity index (χ1n) is 11.2. The van der Waals surface area contributed by atoms with E-state index < -0.39 is 11.7 Å². The second-order valence-electron chi connectivity index (χ2n) is 8.28. The molecule has 0 aliphatic carbocycles. The molecule has 3 aromatic carbocycles. The van der Waals surface area contributed by atoms with Crippen molar-refractivity contribution in [3.05, 3.63) is 82.9 Å². The second kappa shape index (κ2) is 10.8. The largest absolute Gasteiger partial charge is 0.416 e. The Bertz CT molecular complexity index is 1260. The van der Waals surface area contributed by atoms with Crippen molar-refractivity contribution in [2.75, 3.05) is 36.4 Å². The molecule has 0 aromatic heterocycles. The summed E-state index contributed by atoms with van der Waals surface area (Å²) in [4.78, 5) is 30.2. The fourth-order valence-corrected chi connectivity index (χ4v) is 4.91. The number of piperazine rings is 1. The van der Waals surface area contributed by atoms with Crippen LogP contribution in [0.5, 0.6) is 0 Å². The molecule has 1 saturated heterocycles. The van der Waals surface area contributed by atoms with Crippen molar-refractivity contribution in [3.8, 4) is 0 Å². The molecule has 1 fully saturated rings. The molecular weight excluding hydrogens is 511 g/mol. The Hall–Kier alpha value is -3.17. The number of carbonyl (C=O) groups excluding carboxylic acids is 2. The van der Waals surface area contributed by atoms with Gasteiger partial charge in [0.25, 0.3) is 5.91 Å². The number of rotatable bonds is 5. The molecule has 2 amide bonds. The Labute approximate surface area is 216 Å². The Morgan fingerprint density at radius 1 is 0.944 bits per heavy atom. The van der Waals surface area contributed by atoms with E-state index in [4.69, 9.17) is 11.6 Å². The highest BCUT2D eigenvalue weighted by molar-refractivity contribution is 7.99. The van der Waals surface area contributed by atoms with Crippen molar-refractivity contribution < 1.29 is 22.8 Å². The van der Waals surface area contributed by atoms with E-state index in [1.165, 1.54) is 24.8 Å². The number of benzene rings is 3. The fraction of sp³-hybridized carbons (Fsp3) is 0.231. The normalized spacial score (nSPS) is 14.0. The molecule has 1 aliphatic heterocycles. The van der Waals surface area contributed by atoms with Crippen LogP contribution in [0.2, 0.25) is 5.02 Å². The van der Waals surface area contributed by atoms with Crippen LogP contribution in [0, 0.1) is 0 Å². The van der Waals surface area contributed by atoms with Crippen molar-refractivity contribution in [3.63, 3.8) is 0 Å². The van der Waals surface area contributed by atoms with E-state index in [0.29, 0.717) is 48.1 Å². The summed E-state index contributed by atoms with van der Waals surface area (Å²) in [5.74, 6) is -0.458. The molecule has 0 bridgehead atoms. The van der Waals surface area contributed by atoms with Crippen LogP contribution in [0.3, 0.4) is 0 Å².